The van der Waals surface area contributed by atoms with Crippen LogP contribution in [0, 0.1) is 5.92 Å². The summed E-state index contributed by atoms with van der Waals surface area (Å²) in [6, 6.07) is 11.4. The lowest BCUT2D eigenvalue weighted by Gasteiger charge is -2.31. The minimum atomic E-state index is -0.400. The summed E-state index contributed by atoms with van der Waals surface area (Å²) in [6.07, 6.45) is 12.2. The molecule has 1 fully saturated rings. The number of nitrogens with zero attached hydrogens (tertiary/aromatic N) is 3. The quantitative estimate of drug-likeness (QED) is 0.360. The Labute approximate surface area is 211 Å². The lowest BCUT2D eigenvalue weighted by atomic mass is 9.77. The molecule has 1 unspecified atom stereocenters. The first kappa shape index (κ1) is 23.9. The molecule has 1 saturated carbocycles. The molecule has 0 spiro atoms. The Morgan fingerprint density at radius 3 is 2.54 bits per heavy atom. The van der Waals surface area contributed by atoms with Crippen LogP contribution < -0.4 is 4.74 Å². The van der Waals surface area contributed by atoms with E-state index in [0.717, 1.165) is 23.6 Å². The van der Waals surface area contributed by atoms with Crippen LogP contribution in [0.2, 0.25) is 5.02 Å². The van der Waals surface area contributed by atoms with Crippen LogP contribution in [-0.2, 0) is 17.6 Å². The number of pyridine rings is 1. The lowest BCUT2D eigenvalue weighted by Crippen LogP contribution is -2.26. The number of ether oxygens (including phenoxy) is 2. The molecule has 7 heteroatoms. The van der Waals surface area contributed by atoms with E-state index in [-0.39, 0.29) is 5.92 Å². The van der Waals surface area contributed by atoms with E-state index in [2.05, 4.69) is 21.8 Å². The molecular formula is C28H32ClN3O3. The number of hydrogen-bond donors (Lipinski definition) is 0. The smallest absolute Gasteiger partial charge is 0.339 e. The second kappa shape index (κ2) is 10.8. The van der Waals surface area contributed by atoms with Crippen molar-refractivity contribution in [1.82, 2.24) is 14.8 Å². The van der Waals surface area contributed by atoms with Crippen LogP contribution in [0.15, 0.2) is 42.6 Å². The van der Waals surface area contributed by atoms with Gasteiger partial charge in [0, 0.05) is 23.2 Å². The monoisotopic (exact) mass is 493 g/mol. The molecule has 1 aromatic carbocycles. The van der Waals surface area contributed by atoms with Gasteiger partial charge in [-0.05, 0) is 80.3 Å². The van der Waals surface area contributed by atoms with E-state index in [1.54, 1.807) is 12.1 Å². The molecule has 35 heavy (non-hydrogen) atoms. The maximum atomic E-state index is 11.8. The van der Waals surface area contributed by atoms with Gasteiger partial charge in [0.1, 0.15) is 0 Å². The van der Waals surface area contributed by atoms with E-state index in [0.29, 0.717) is 24.0 Å². The highest BCUT2D eigenvalue weighted by atomic mass is 35.5. The van der Waals surface area contributed by atoms with E-state index in [4.69, 9.17) is 26.2 Å². The van der Waals surface area contributed by atoms with Crippen molar-refractivity contribution in [2.45, 2.75) is 63.7 Å². The van der Waals surface area contributed by atoms with E-state index < -0.39 is 5.97 Å². The fourth-order valence-corrected chi connectivity index (χ4v) is 5.72. The van der Waals surface area contributed by atoms with E-state index in [9.17, 15) is 4.79 Å². The highest BCUT2D eigenvalue weighted by Crippen LogP contribution is 2.41. The van der Waals surface area contributed by atoms with Gasteiger partial charge >= 0.3 is 5.97 Å². The number of methoxy groups -OCH3 is 1. The summed E-state index contributed by atoms with van der Waals surface area (Å²) >= 11 is 6.20. The molecule has 184 valence electrons. The van der Waals surface area contributed by atoms with Gasteiger partial charge in [-0.3, -0.25) is 0 Å². The highest BCUT2D eigenvalue weighted by Gasteiger charge is 2.33. The summed E-state index contributed by atoms with van der Waals surface area (Å²) in [4.78, 5) is 16.1. The number of hydrogen-bond acceptors (Lipinski definition) is 5. The van der Waals surface area contributed by atoms with Gasteiger partial charge in [-0.15, -0.1) is 0 Å². The zero-order chi connectivity index (χ0) is 24.2. The molecular weight excluding hydrogens is 462 g/mol. The number of benzene rings is 1. The van der Waals surface area contributed by atoms with Crippen LogP contribution in [0.25, 0.3) is 5.69 Å². The molecule has 0 saturated heterocycles. The fraction of sp³-hybridized carbons (Fsp3) is 0.464. The first-order chi connectivity index (χ1) is 17.1. The number of fused-ring (bicyclic) bond motifs is 1. The number of aromatic nitrogens is 3. The standard InChI is InChI=1S/C28H32ClN3O3/c1-34-28(33)20-11-16-26(30-17-20)35-18-24(19-7-3-2-4-8-19)27-23-9-5-6-10-25(23)31-32(27)22-14-12-21(29)13-15-22/h11-17,19,24H,2-10,18H2,1H3. The Morgan fingerprint density at radius 1 is 1.06 bits per heavy atom. The third-order valence-corrected chi connectivity index (χ3v) is 7.66. The summed E-state index contributed by atoms with van der Waals surface area (Å²) in [5.41, 5.74) is 5.38. The second-order valence-corrected chi connectivity index (χ2v) is 10.0. The van der Waals surface area contributed by atoms with Crippen LogP contribution in [0.4, 0.5) is 0 Å². The zero-order valence-corrected chi connectivity index (χ0v) is 21.0. The van der Waals surface area contributed by atoms with Gasteiger partial charge in [0.25, 0.3) is 0 Å². The number of carbonyl (C=O) groups is 1. The SMILES string of the molecule is COC(=O)c1ccc(OCC(c2c3c(nn2-c2ccc(Cl)cc2)CCCC3)C2CCCCC2)nc1. The van der Waals surface area contributed by atoms with Gasteiger partial charge in [-0.1, -0.05) is 30.9 Å². The van der Waals surface area contributed by atoms with Crippen LogP contribution in [-0.4, -0.2) is 34.5 Å². The maximum absolute atomic E-state index is 11.8. The van der Waals surface area contributed by atoms with Crippen molar-refractivity contribution in [2.24, 2.45) is 5.92 Å². The largest absolute Gasteiger partial charge is 0.477 e. The Hall–Kier alpha value is -2.86. The minimum absolute atomic E-state index is 0.211. The van der Waals surface area contributed by atoms with Gasteiger partial charge in [0.15, 0.2) is 0 Å². The van der Waals surface area contributed by atoms with Crippen molar-refractivity contribution in [3.63, 3.8) is 0 Å². The second-order valence-electron chi connectivity index (χ2n) is 9.60. The van der Waals surface area contributed by atoms with Crippen LogP contribution in [0.5, 0.6) is 5.88 Å². The molecule has 5 rings (SSSR count). The van der Waals surface area contributed by atoms with Crippen molar-refractivity contribution < 1.29 is 14.3 Å². The molecule has 6 nitrogen and oxygen atoms in total. The summed E-state index contributed by atoms with van der Waals surface area (Å²) in [7, 11) is 1.37. The van der Waals surface area contributed by atoms with Gasteiger partial charge < -0.3 is 9.47 Å². The molecule has 0 bridgehead atoms. The summed E-state index contributed by atoms with van der Waals surface area (Å²) in [5.74, 6) is 0.863. The van der Waals surface area contributed by atoms with Gasteiger partial charge in [0.05, 0.1) is 36.4 Å². The Kier molecular flexibility index (Phi) is 7.37. The van der Waals surface area contributed by atoms with Gasteiger partial charge in [0.2, 0.25) is 5.88 Å². The molecule has 0 amide bonds. The summed E-state index contributed by atoms with van der Waals surface area (Å²) in [6.45, 7) is 0.529. The van der Waals surface area contributed by atoms with Crippen molar-refractivity contribution >= 4 is 17.6 Å². The molecule has 0 N–H and O–H groups in total. The number of rotatable bonds is 7. The average molecular weight is 494 g/mol. The third kappa shape index (κ3) is 5.22. The van der Waals surface area contributed by atoms with Crippen LogP contribution in [0.3, 0.4) is 0 Å². The van der Waals surface area contributed by atoms with Crippen LogP contribution >= 0.6 is 11.6 Å². The molecule has 1 atom stereocenters. The topological polar surface area (TPSA) is 66.2 Å². The van der Waals surface area contributed by atoms with Crippen molar-refractivity contribution in [1.29, 1.82) is 0 Å². The number of halogens is 1. The van der Waals surface area contributed by atoms with Gasteiger partial charge in [-0.25, -0.2) is 14.5 Å². The number of esters is 1. The Balaban J connectivity index is 1.50. The van der Waals surface area contributed by atoms with Crippen molar-refractivity contribution in [2.75, 3.05) is 13.7 Å². The maximum Gasteiger partial charge on any atom is 0.339 e. The Morgan fingerprint density at radius 2 is 1.83 bits per heavy atom. The van der Waals surface area contributed by atoms with Crippen LogP contribution in [0.1, 0.15) is 78.2 Å². The third-order valence-electron chi connectivity index (χ3n) is 7.41. The predicted octanol–water partition coefficient (Wildman–Crippen LogP) is 6.33. The fourth-order valence-electron chi connectivity index (χ4n) is 5.59. The first-order valence-corrected chi connectivity index (χ1v) is 13.1. The average Bonchev–Trinajstić information content (AvgIpc) is 3.29. The lowest BCUT2D eigenvalue weighted by molar-refractivity contribution is 0.0600. The summed E-state index contributed by atoms with van der Waals surface area (Å²) in [5, 5.41) is 5.84. The molecule has 2 heterocycles. The van der Waals surface area contributed by atoms with E-state index in [1.165, 1.54) is 75.2 Å². The molecule has 0 radical (unpaired) electrons. The zero-order valence-electron chi connectivity index (χ0n) is 20.2. The van der Waals surface area contributed by atoms with E-state index in [1.807, 2.05) is 12.1 Å². The summed E-state index contributed by atoms with van der Waals surface area (Å²) < 4.78 is 13.2. The number of carbonyl (C=O) groups excluding carboxylic acids is 1. The highest BCUT2D eigenvalue weighted by molar-refractivity contribution is 6.30. The van der Waals surface area contributed by atoms with Crippen molar-refractivity contribution in [3.8, 4) is 11.6 Å². The first-order valence-electron chi connectivity index (χ1n) is 12.7. The number of aryl methyl sites for hydroxylation is 1. The molecule has 0 aliphatic heterocycles. The Bertz CT molecular complexity index is 1150. The molecule has 2 aromatic heterocycles. The van der Waals surface area contributed by atoms with Crippen molar-refractivity contribution in [3.05, 3.63) is 70.1 Å². The predicted molar refractivity (Wildman–Crippen MR) is 136 cm³/mol. The molecule has 2 aliphatic carbocycles. The normalized spacial score (nSPS) is 17.0. The van der Waals surface area contributed by atoms with Gasteiger partial charge in [-0.2, -0.15) is 5.10 Å². The molecule has 2 aliphatic rings. The minimum Gasteiger partial charge on any atom is -0.477 e. The molecule has 3 aromatic rings. The van der Waals surface area contributed by atoms with E-state index >= 15 is 0 Å².